The molecule has 0 aromatic heterocycles. The highest BCUT2D eigenvalue weighted by Crippen LogP contribution is 2.15. The van der Waals surface area contributed by atoms with Crippen molar-refractivity contribution in [1.29, 1.82) is 0 Å². The molecule has 0 bridgehead atoms. The number of aliphatic hydroxyl groups is 1. The summed E-state index contributed by atoms with van der Waals surface area (Å²) in [6.45, 7) is 1.34. The number of alkyl carbamates (subject to hydrolysis) is 1. The van der Waals surface area contributed by atoms with Gasteiger partial charge in [-0.25, -0.2) is 9.18 Å². The lowest BCUT2D eigenvalue weighted by atomic mass is 10.1. The van der Waals surface area contributed by atoms with Gasteiger partial charge in [-0.05, 0) is 13.0 Å². The van der Waals surface area contributed by atoms with Gasteiger partial charge in [0.15, 0.2) is 0 Å². The largest absolute Gasteiger partial charge is 0.447 e. The minimum absolute atomic E-state index is 0.0736. The molecule has 0 aliphatic carbocycles. The Morgan fingerprint density at radius 2 is 2.25 bits per heavy atom. The molecule has 1 aromatic carbocycles. The zero-order valence-electron chi connectivity index (χ0n) is 8.94. The maximum absolute atomic E-state index is 13.3. The highest BCUT2D eigenvalue weighted by atomic mass is 19.1. The number of nitrogens with one attached hydrogen (secondary N) is 1. The highest BCUT2D eigenvalue weighted by molar-refractivity contribution is 5.67. The zero-order chi connectivity index (χ0) is 12.0. The Morgan fingerprint density at radius 3 is 2.88 bits per heavy atom. The van der Waals surface area contributed by atoms with Crippen LogP contribution in [0.1, 0.15) is 18.5 Å². The van der Waals surface area contributed by atoms with Crippen molar-refractivity contribution in [3.05, 3.63) is 35.6 Å². The van der Waals surface area contributed by atoms with Gasteiger partial charge in [0.25, 0.3) is 0 Å². The number of carbonyl (C=O) groups is 1. The fourth-order valence-corrected chi connectivity index (χ4v) is 1.26. The van der Waals surface area contributed by atoms with Crippen LogP contribution in [0.5, 0.6) is 0 Å². The van der Waals surface area contributed by atoms with Crippen LogP contribution in [-0.2, 0) is 4.74 Å². The quantitative estimate of drug-likeness (QED) is 0.821. The molecule has 1 rings (SSSR count). The lowest BCUT2D eigenvalue weighted by Crippen LogP contribution is -2.28. The summed E-state index contributed by atoms with van der Waals surface area (Å²) in [5.41, 5.74) is 0.392. The van der Waals surface area contributed by atoms with Crippen molar-refractivity contribution >= 4 is 6.09 Å². The number of hydrogen-bond donors (Lipinski definition) is 2. The van der Waals surface area contributed by atoms with Crippen LogP contribution >= 0.6 is 0 Å². The van der Waals surface area contributed by atoms with Crippen molar-refractivity contribution < 1.29 is 19.0 Å². The molecule has 0 heterocycles. The SMILES string of the molecule is C[C@@H](NC(=O)OCCO)c1ccccc1F. The second-order valence-electron chi connectivity index (χ2n) is 3.25. The van der Waals surface area contributed by atoms with Gasteiger partial charge in [0.05, 0.1) is 12.6 Å². The topological polar surface area (TPSA) is 58.6 Å². The Labute approximate surface area is 93.0 Å². The molecule has 0 aliphatic rings. The molecule has 2 N–H and O–H groups in total. The molecule has 1 atom stereocenters. The fourth-order valence-electron chi connectivity index (χ4n) is 1.26. The van der Waals surface area contributed by atoms with E-state index < -0.39 is 12.1 Å². The molecule has 0 spiro atoms. The summed E-state index contributed by atoms with van der Waals surface area (Å²) < 4.78 is 17.9. The number of amides is 1. The molecule has 1 aromatic rings. The van der Waals surface area contributed by atoms with Crippen molar-refractivity contribution in [2.24, 2.45) is 0 Å². The second kappa shape index (κ2) is 6.07. The average molecular weight is 227 g/mol. The molecule has 0 radical (unpaired) electrons. The second-order valence-corrected chi connectivity index (χ2v) is 3.25. The first-order chi connectivity index (χ1) is 7.65. The molecule has 0 aliphatic heterocycles. The third-order valence-corrected chi connectivity index (χ3v) is 2.03. The third kappa shape index (κ3) is 3.51. The molecule has 0 fully saturated rings. The van der Waals surface area contributed by atoms with Crippen molar-refractivity contribution in [3.63, 3.8) is 0 Å². The minimum Gasteiger partial charge on any atom is -0.447 e. The summed E-state index contributed by atoms with van der Waals surface area (Å²) in [4.78, 5) is 11.1. The Balaban J connectivity index is 2.55. The van der Waals surface area contributed by atoms with Crippen LogP contribution in [0.4, 0.5) is 9.18 Å². The molecule has 4 nitrogen and oxygen atoms in total. The molecule has 88 valence electrons. The van der Waals surface area contributed by atoms with E-state index in [0.717, 1.165) is 0 Å². The van der Waals surface area contributed by atoms with Crippen LogP contribution in [0.25, 0.3) is 0 Å². The van der Waals surface area contributed by atoms with E-state index in [1.807, 2.05) is 0 Å². The minimum atomic E-state index is -0.676. The molecule has 0 unspecified atom stereocenters. The third-order valence-electron chi connectivity index (χ3n) is 2.03. The summed E-state index contributed by atoms with van der Waals surface area (Å²) in [5.74, 6) is -0.377. The monoisotopic (exact) mass is 227 g/mol. The fraction of sp³-hybridized carbons (Fsp3) is 0.364. The Hall–Kier alpha value is -1.62. The molecule has 16 heavy (non-hydrogen) atoms. The maximum Gasteiger partial charge on any atom is 0.407 e. The Morgan fingerprint density at radius 1 is 1.56 bits per heavy atom. The lowest BCUT2D eigenvalue weighted by Gasteiger charge is -2.14. The predicted molar refractivity (Wildman–Crippen MR) is 56.4 cm³/mol. The summed E-state index contributed by atoms with van der Waals surface area (Å²) >= 11 is 0. The van der Waals surface area contributed by atoms with E-state index >= 15 is 0 Å². The standard InChI is InChI=1S/C11H14FNO3/c1-8(13-11(15)16-7-6-14)9-4-2-3-5-10(9)12/h2-5,8,14H,6-7H2,1H3,(H,13,15)/t8-/m1/s1. The van der Waals surface area contributed by atoms with Crippen molar-refractivity contribution in [3.8, 4) is 0 Å². The van der Waals surface area contributed by atoms with Gasteiger partial charge in [-0.2, -0.15) is 0 Å². The summed E-state index contributed by atoms with van der Waals surface area (Å²) in [6, 6.07) is 5.71. The highest BCUT2D eigenvalue weighted by Gasteiger charge is 2.13. The zero-order valence-corrected chi connectivity index (χ0v) is 8.94. The van der Waals surface area contributed by atoms with E-state index in [2.05, 4.69) is 10.1 Å². The maximum atomic E-state index is 13.3. The van der Waals surface area contributed by atoms with E-state index in [1.165, 1.54) is 6.07 Å². The molecular weight excluding hydrogens is 213 g/mol. The Bertz CT molecular complexity index is 357. The van der Waals surface area contributed by atoms with Crippen molar-refractivity contribution in [1.82, 2.24) is 5.32 Å². The number of carbonyl (C=O) groups excluding carboxylic acids is 1. The first kappa shape index (κ1) is 12.4. The van der Waals surface area contributed by atoms with Crippen LogP contribution in [0.15, 0.2) is 24.3 Å². The van der Waals surface area contributed by atoms with E-state index in [0.29, 0.717) is 5.56 Å². The van der Waals surface area contributed by atoms with Gasteiger partial charge >= 0.3 is 6.09 Å². The van der Waals surface area contributed by atoms with Gasteiger partial charge in [-0.1, -0.05) is 18.2 Å². The van der Waals surface area contributed by atoms with Crippen LogP contribution in [0, 0.1) is 5.82 Å². The predicted octanol–water partition coefficient (Wildman–Crippen LogP) is 1.61. The number of hydrogen-bond acceptors (Lipinski definition) is 3. The van der Waals surface area contributed by atoms with Gasteiger partial charge in [-0.3, -0.25) is 0 Å². The molecule has 1 amide bonds. The van der Waals surface area contributed by atoms with Crippen LogP contribution < -0.4 is 5.32 Å². The first-order valence-corrected chi connectivity index (χ1v) is 4.93. The lowest BCUT2D eigenvalue weighted by molar-refractivity contribution is 0.116. The number of ether oxygens (including phenoxy) is 1. The molecule has 0 saturated carbocycles. The number of aliphatic hydroxyl groups excluding tert-OH is 1. The molecule has 5 heteroatoms. The van der Waals surface area contributed by atoms with Crippen LogP contribution in [0.3, 0.4) is 0 Å². The molecular formula is C11H14FNO3. The van der Waals surface area contributed by atoms with E-state index in [1.54, 1.807) is 25.1 Å². The summed E-state index contributed by atoms with van der Waals surface area (Å²) in [5, 5.41) is 10.9. The molecule has 0 saturated heterocycles. The normalized spacial score (nSPS) is 11.9. The van der Waals surface area contributed by atoms with Crippen LogP contribution in [-0.4, -0.2) is 24.4 Å². The van der Waals surface area contributed by atoms with E-state index in [9.17, 15) is 9.18 Å². The van der Waals surface area contributed by atoms with Gasteiger partial charge in [0.1, 0.15) is 12.4 Å². The van der Waals surface area contributed by atoms with Gasteiger partial charge in [0.2, 0.25) is 0 Å². The number of halogens is 1. The smallest absolute Gasteiger partial charge is 0.407 e. The average Bonchev–Trinajstić information content (AvgIpc) is 2.26. The van der Waals surface area contributed by atoms with Crippen LogP contribution in [0.2, 0.25) is 0 Å². The number of benzene rings is 1. The summed E-state index contributed by atoms with van der Waals surface area (Å²) in [7, 11) is 0. The van der Waals surface area contributed by atoms with Crippen molar-refractivity contribution in [2.45, 2.75) is 13.0 Å². The van der Waals surface area contributed by atoms with E-state index in [-0.39, 0.29) is 19.0 Å². The van der Waals surface area contributed by atoms with Gasteiger partial charge < -0.3 is 15.2 Å². The Kier molecular flexibility index (Phi) is 4.72. The van der Waals surface area contributed by atoms with Crippen molar-refractivity contribution in [2.75, 3.05) is 13.2 Å². The number of rotatable bonds is 4. The first-order valence-electron chi connectivity index (χ1n) is 4.93. The summed E-state index contributed by atoms with van der Waals surface area (Å²) in [6.07, 6.45) is -0.676. The van der Waals surface area contributed by atoms with Gasteiger partial charge in [0, 0.05) is 5.56 Å². The van der Waals surface area contributed by atoms with Gasteiger partial charge in [-0.15, -0.1) is 0 Å². The van der Waals surface area contributed by atoms with E-state index in [4.69, 9.17) is 5.11 Å².